The van der Waals surface area contributed by atoms with Crippen molar-refractivity contribution in [3.8, 4) is 0 Å². The highest BCUT2D eigenvalue weighted by molar-refractivity contribution is 7.90. The van der Waals surface area contributed by atoms with E-state index in [1.165, 1.54) is 6.07 Å². The van der Waals surface area contributed by atoms with Gasteiger partial charge in [-0.15, -0.1) is 0 Å². The summed E-state index contributed by atoms with van der Waals surface area (Å²) in [4.78, 5) is 39.8. The normalized spacial score (nSPS) is 20.3. The average molecular weight is 524 g/mol. The number of aromatic nitrogens is 2. The van der Waals surface area contributed by atoms with Crippen LogP contribution in [-0.2, 0) is 14.8 Å². The topological polar surface area (TPSA) is 144 Å². The van der Waals surface area contributed by atoms with Crippen LogP contribution in [0.5, 0.6) is 0 Å². The molecule has 1 aromatic carbocycles. The van der Waals surface area contributed by atoms with Crippen LogP contribution in [0.15, 0.2) is 56.9 Å². The van der Waals surface area contributed by atoms with Gasteiger partial charge in [0.2, 0.25) is 11.7 Å². The lowest BCUT2D eigenvalue weighted by Crippen LogP contribution is -2.46. The molecule has 11 heteroatoms. The van der Waals surface area contributed by atoms with E-state index >= 15 is 0 Å². The third-order valence-electron chi connectivity index (χ3n) is 7.16. The van der Waals surface area contributed by atoms with E-state index < -0.39 is 33.8 Å². The molecule has 0 unspecified atom stereocenters. The summed E-state index contributed by atoms with van der Waals surface area (Å²) in [6.45, 7) is 3.91. The Balaban J connectivity index is 1.43. The molecule has 1 amide bonds. The minimum absolute atomic E-state index is 0.110. The molecule has 1 aliphatic heterocycles. The molecule has 0 radical (unpaired) electrons. The highest BCUT2D eigenvalue weighted by Gasteiger charge is 2.38. The van der Waals surface area contributed by atoms with Crippen LogP contribution in [0, 0.1) is 5.41 Å². The molecule has 1 fully saturated rings. The number of carbonyl (C=O) groups is 2. The molecule has 10 nitrogen and oxygen atoms in total. The Morgan fingerprint density at radius 2 is 1.95 bits per heavy atom. The molecule has 1 saturated carbocycles. The fourth-order valence-corrected chi connectivity index (χ4v) is 6.37. The van der Waals surface area contributed by atoms with Crippen LogP contribution in [-0.4, -0.2) is 48.0 Å². The number of carbonyl (C=O) groups excluding carboxylic acids is 2. The van der Waals surface area contributed by atoms with E-state index in [0.717, 1.165) is 25.7 Å². The third kappa shape index (κ3) is 5.00. The van der Waals surface area contributed by atoms with E-state index in [1.54, 1.807) is 43.5 Å². The first-order valence-electron chi connectivity index (χ1n) is 12.5. The van der Waals surface area contributed by atoms with Crippen LogP contribution in [0.2, 0.25) is 0 Å². The maximum Gasteiger partial charge on any atom is 0.268 e. The van der Waals surface area contributed by atoms with Crippen molar-refractivity contribution in [3.63, 3.8) is 0 Å². The summed E-state index contributed by atoms with van der Waals surface area (Å²) < 4.78 is 33.3. The monoisotopic (exact) mass is 523 g/mol. The zero-order valence-electron chi connectivity index (χ0n) is 20.7. The van der Waals surface area contributed by atoms with Gasteiger partial charge in [-0.25, -0.2) is 13.4 Å². The lowest BCUT2D eigenvalue weighted by Gasteiger charge is -2.28. The van der Waals surface area contributed by atoms with Gasteiger partial charge in [0.05, 0.1) is 10.9 Å². The Labute approximate surface area is 215 Å². The molecule has 0 spiro atoms. The second-order valence-electron chi connectivity index (χ2n) is 9.99. The summed E-state index contributed by atoms with van der Waals surface area (Å²) in [7, 11) is -3.75. The van der Waals surface area contributed by atoms with E-state index in [2.05, 4.69) is 31.9 Å². The lowest BCUT2D eigenvalue weighted by molar-refractivity contribution is -0.123. The fraction of sp³-hybridized carbons (Fsp3) is 0.423. The van der Waals surface area contributed by atoms with E-state index in [9.17, 15) is 18.0 Å². The van der Waals surface area contributed by atoms with Crippen molar-refractivity contribution >= 4 is 38.8 Å². The second-order valence-corrected chi connectivity index (χ2v) is 11.6. The van der Waals surface area contributed by atoms with Gasteiger partial charge in [0, 0.05) is 11.8 Å². The van der Waals surface area contributed by atoms with Gasteiger partial charge >= 0.3 is 0 Å². The number of aliphatic imine (C=N–C) groups is 1. The Bertz CT molecular complexity index is 1460. The number of benzene rings is 1. The number of nitrogens with one attached hydrogen (secondary N) is 2. The van der Waals surface area contributed by atoms with Crippen molar-refractivity contribution in [3.05, 3.63) is 54.0 Å². The molecular weight excluding hydrogens is 494 g/mol. The summed E-state index contributed by atoms with van der Waals surface area (Å²) >= 11 is 0. The van der Waals surface area contributed by atoms with Crippen molar-refractivity contribution in [2.45, 2.75) is 69.4 Å². The Kier molecular flexibility index (Phi) is 6.57. The summed E-state index contributed by atoms with van der Waals surface area (Å²) in [6, 6.07) is 8.12. The number of ketones is 1. The first-order valence-corrected chi connectivity index (χ1v) is 13.9. The van der Waals surface area contributed by atoms with Gasteiger partial charge in [-0.05, 0) is 55.4 Å². The second kappa shape index (κ2) is 9.70. The number of rotatable bonds is 8. The number of Topliss-reactive ketones (excluding diaryl/α,β-unsaturated/α-hetero) is 1. The molecule has 2 aliphatic rings. The van der Waals surface area contributed by atoms with Crippen molar-refractivity contribution in [1.29, 1.82) is 0 Å². The Hall–Kier alpha value is -3.60. The average Bonchev–Trinajstić information content (AvgIpc) is 3.58. The lowest BCUT2D eigenvalue weighted by atomic mass is 9.82. The number of nitrogens with zero attached hydrogens (tertiary/aromatic N) is 3. The van der Waals surface area contributed by atoms with E-state index in [0.29, 0.717) is 29.6 Å². The van der Waals surface area contributed by atoms with Gasteiger partial charge < -0.3 is 9.73 Å². The number of oxazole rings is 1. The molecule has 3 aromatic rings. The quantitative estimate of drug-likeness (QED) is 0.431. The molecule has 0 bridgehead atoms. The summed E-state index contributed by atoms with van der Waals surface area (Å²) in [5.41, 5.74) is 1.02. The summed E-state index contributed by atoms with van der Waals surface area (Å²) in [6.07, 6.45) is 6.35. The minimum Gasteiger partial charge on any atom is -0.432 e. The van der Waals surface area contributed by atoms with Gasteiger partial charge in [-0.3, -0.25) is 19.3 Å². The SMILES string of the molecule is CC[C@H](NC(=O)[C@H](CC1(C)CCCC1)N=C1NS(=O)(=O)c2ccccc21)C(=O)c1nc2ncccc2o1. The van der Waals surface area contributed by atoms with Crippen molar-refractivity contribution in [1.82, 2.24) is 20.0 Å². The van der Waals surface area contributed by atoms with Crippen molar-refractivity contribution in [2.24, 2.45) is 10.4 Å². The Morgan fingerprint density at radius 3 is 2.68 bits per heavy atom. The van der Waals surface area contributed by atoms with Crippen LogP contribution in [0.25, 0.3) is 11.2 Å². The molecule has 5 rings (SSSR count). The number of amides is 1. The summed E-state index contributed by atoms with van der Waals surface area (Å²) in [5, 5.41) is 2.83. The molecule has 2 aromatic heterocycles. The van der Waals surface area contributed by atoms with E-state index in [4.69, 9.17) is 4.42 Å². The van der Waals surface area contributed by atoms with Gasteiger partial charge in [-0.2, -0.15) is 4.98 Å². The predicted octanol–water partition coefficient (Wildman–Crippen LogP) is 3.38. The van der Waals surface area contributed by atoms with E-state index in [1.807, 2.05) is 0 Å². The number of sulfonamides is 1. The van der Waals surface area contributed by atoms with Crippen LogP contribution in [0.3, 0.4) is 0 Å². The van der Waals surface area contributed by atoms with E-state index in [-0.39, 0.29) is 22.0 Å². The first-order chi connectivity index (χ1) is 17.7. The fourth-order valence-electron chi connectivity index (χ4n) is 5.13. The molecule has 1 aliphatic carbocycles. The third-order valence-corrected chi connectivity index (χ3v) is 8.56. The smallest absolute Gasteiger partial charge is 0.268 e. The summed E-state index contributed by atoms with van der Waals surface area (Å²) in [5.74, 6) is -0.886. The maximum atomic E-state index is 13.6. The van der Waals surface area contributed by atoms with Gasteiger partial charge in [0.25, 0.3) is 15.9 Å². The Morgan fingerprint density at radius 1 is 1.19 bits per heavy atom. The van der Waals surface area contributed by atoms with Crippen molar-refractivity contribution < 1.29 is 22.4 Å². The van der Waals surface area contributed by atoms with Crippen LogP contribution < -0.4 is 10.0 Å². The molecule has 0 saturated heterocycles. The number of amidine groups is 1. The standard InChI is InChI=1S/C26H29N5O5S/c1-3-17(21(32)25-30-23-19(36-25)10-8-14-27-23)29-24(33)18(15-26(2)12-6-7-13-26)28-22-16-9-4-5-11-20(16)37(34,35)31-22/h4-5,8-11,14,17-18H,3,6-7,12-13,15H2,1-2H3,(H,28,31)(H,29,33)/t17-,18-/m0/s1. The molecule has 2 N–H and O–H groups in total. The number of hydrogen-bond acceptors (Lipinski definition) is 8. The minimum atomic E-state index is -3.75. The zero-order valence-corrected chi connectivity index (χ0v) is 21.5. The van der Waals surface area contributed by atoms with Crippen LogP contribution in [0.1, 0.15) is 68.6 Å². The van der Waals surface area contributed by atoms with Gasteiger partial charge in [0.1, 0.15) is 11.9 Å². The molecule has 37 heavy (non-hydrogen) atoms. The molecule has 194 valence electrons. The van der Waals surface area contributed by atoms with Gasteiger partial charge in [0.15, 0.2) is 11.2 Å². The molecule has 3 heterocycles. The van der Waals surface area contributed by atoms with Crippen LogP contribution in [0.4, 0.5) is 0 Å². The number of fused-ring (bicyclic) bond motifs is 2. The highest BCUT2D eigenvalue weighted by atomic mass is 32.2. The largest absolute Gasteiger partial charge is 0.432 e. The predicted molar refractivity (Wildman–Crippen MR) is 137 cm³/mol. The molecular formula is C26H29N5O5S. The number of pyridine rings is 1. The molecule has 2 atom stereocenters. The maximum absolute atomic E-state index is 13.6. The van der Waals surface area contributed by atoms with Crippen molar-refractivity contribution in [2.75, 3.05) is 0 Å². The number of hydrogen-bond donors (Lipinski definition) is 2. The van der Waals surface area contributed by atoms with Gasteiger partial charge in [-0.1, -0.05) is 38.8 Å². The van der Waals surface area contributed by atoms with Crippen LogP contribution >= 0.6 is 0 Å². The first kappa shape index (κ1) is 25.1. The highest BCUT2D eigenvalue weighted by Crippen LogP contribution is 2.42. The zero-order chi connectivity index (χ0) is 26.2.